The molecule has 0 amide bonds. The molecule has 0 N–H and O–H groups in total. The first-order valence-corrected chi connectivity index (χ1v) is 9.93. The van der Waals surface area contributed by atoms with Crippen molar-refractivity contribution >= 4 is 40.0 Å². The Balaban J connectivity index is 2.37. The highest BCUT2D eigenvalue weighted by molar-refractivity contribution is 6.35. The molecule has 1 saturated carbocycles. The average molecular weight is 415 g/mol. The van der Waals surface area contributed by atoms with Gasteiger partial charge in [0.2, 0.25) is 5.95 Å². The van der Waals surface area contributed by atoms with Gasteiger partial charge in [-0.05, 0) is 51.5 Å². The van der Waals surface area contributed by atoms with E-state index in [2.05, 4.69) is 11.9 Å². The van der Waals surface area contributed by atoms with E-state index < -0.39 is 11.7 Å². The lowest BCUT2D eigenvalue weighted by Gasteiger charge is -2.21. The van der Waals surface area contributed by atoms with Gasteiger partial charge in [0.15, 0.2) is 0 Å². The second-order valence-corrected chi connectivity index (χ2v) is 8.48. The van der Waals surface area contributed by atoms with Crippen LogP contribution < -0.4 is 4.90 Å². The third-order valence-corrected chi connectivity index (χ3v) is 5.49. The number of halogens is 4. The highest BCUT2D eigenvalue weighted by atomic mass is 35.5. The zero-order chi connectivity index (χ0) is 20.8. The number of benzene rings is 1. The van der Waals surface area contributed by atoms with E-state index in [4.69, 9.17) is 16.6 Å². The number of imidazole rings is 1. The Labute approximate surface area is 168 Å². The molecule has 8 heteroatoms. The molecule has 28 heavy (non-hydrogen) atoms. The summed E-state index contributed by atoms with van der Waals surface area (Å²) in [5, 5.41) is -0.349. The first-order valence-electron chi connectivity index (χ1n) is 9.56. The van der Waals surface area contributed by atoms with Crippen LogP contribution >= 0.6 is 11.6 Å². The molecule has 1 heterocycles. The summed E-state index contributed by atoms with van der Waals surface area (Å²) in [6.45, 7) is 6.08. The Morgan fingerprint density at radius 2 is 2.00 bits per heavy atom. The number of nitrogens with zero attached hydrogens (tertiary/aromatic N) is 4. The average Bonchev–Trinajstić information content (AvgIpc) is 2.96. The van der Waals surface area contributed by atoms with Crippen LogP contribution in [-0.2, 0) is 6.18 Å². The maximum absolute atomic E-state index is 13.6. The van der Waals surface area contributed by atoms with Crippen molar-refractivity contribution in [3.63, 3.8) is 0 Å². The maximum Gasteiger partial charge on any atom is 0.418 e. The molecule has 0 aliphatic heterocycles. The van der Waals surface area contributed by atoms with Crippen LogP contribution in [0, 0.1) is 5.92 Å². The van der Waals surface area contributed by atoms with Crippen molar-refractivity contribution in [2.75, 3.05) is 19.0 Å². The van der Waals surface area contributed by atoms with Gasteiger partial charge in [0.1, 0.15) is 5.69 Å². The summed E-state index contributed by atoms with van der Waals surface area (Å²) >= 11 is 6.31. The summed E-state index contributed by atoms with van der Waals surface area (Å²) in [7, 11) is 3.64. The minimum Gasteiger partial charge on any atom is -0.348 e. The number of hydrogen-bond donors (Lipinski definition) is 0. The van der Waals surface area contributed by atoms with E-state index >= 15 is 0 Å². The van der Waals surface area contributed by atoms with Crippen LogP contribution in [0.2, 0.25) is 5.02 Å². The second-order valence-electron chi connectivity index (χ2n) is 8.10. The lowest BCUT2D eigenvalue weighted by Crippen LogP contribution is -2.16. The van der Waals surface area contributed by atoms with E-state index in [1.54, 1.807) is 4.90 Å². The van der Waals surface area contributed by atoms with Gasteiger partial charge in [0.25, 0.3) is 0 Å². The Morgan fingerprint density at radius 1 is 1.32 bits per heavy atom. The molecule has 4 nitrogen and oxygen atoms in total. The van der Waals surface area contributed by atoms with Crippen LogP contribution in [0.1, 0.15) is 58.1 Å². The molecular weight excluding hydrogens is 389 g/mol. The summed E-state index contributed by atoms with van der Waals surface area (Å²) in [5.41, 5.74) is 1.03. The largest absolute Gasteiger partial charge is 0.418 e. The summed E-state index contributed by atoms with van der Waals surface area (Å²) in [6.07, 6.45) is -0.898. The van der Waals surface area contributed by atoms with Gasteiger partial charge in [-0.2, -0.15) is 13.2 Å². The van der Waals surface area contributed by atoms with Crippen molar-refractivity contribution in [3.05, 3.63) is 16.7 Å². The zero-order valence-corrected chi connectivity index (χ0v) is 17.6. The van der Waals surface area contributed by atoms with Crippen LogP contribution in [0.4, 0.5) is 24.8 Å². The minimum absolute atomic E-state index is 0.0144. The first kappa shape index (κ1) is 21.0. The van der Waals surface area contributed by atoms with Crippen LogP contribution in [0.25, 0.3) is 11.0 Å². The van der Waals surface area contributed by atoms with E-state index in [1.807, 2.05) is 32.5 Å². The van der Waals surface area contributed by atoms with E-state index in [1.165, 1.54) is 0 Å². The van der Waals surface area contributed by atoms with Crippen LogP contribution in [0.3, 0.4) is 0 Å². The van der Waals surface area contributed by atoms with Gasteiger partial charge in [0, 0.05) is 25.8 Å². The molecule has 0 spiro atoms. The van der Waals surface area contributed by atoms with Gasteiger partial charge in [-0.3, -0.25) is 4.99 Å². The summed E-state index contributed by atoms with van der Waals surface area (Å²) in [5.74, 6) is 1.05. The monoisotopic (exact) mass is 414 g/mol. The number of fused-ring (bicyclic) bond motifs is 1. The third kappa shape index (κ3) is 3.86. The molecule has 3 rings (SSSR count). The lowest BCUT2D eigenvalue weighted by molar-refractivity contribution is -0.137. The zero-order valence-electron chi connectivity index (χ0n) is 16.9. The molecule has 2 aromatic rings. The van der Waals surface area contributed by atoms with Gasteiger partial charge < -0.3 is 9.47 Å². The van der Waals surface area contributed by atoms with Crippen molar-refractivity contribution in [2.24, 2.45) is 10.9 Å². The molecule has 0 radical (unpaired) electrons. The number of anilines is 1. The van der Waals surface area contributed by atoms with Crippen LogP contribution in [0.15, 0.2) is 11.1 Å². The number of alkyl halides is 3. The Bertz CT molecular complexity index is 913. The molecule has 1 atom stereocenters. The summed E-state index contributed by atoms with van der Waals surface area (Å²) < 4.78 is 42.8. The van der Waals surface area contributed by atoms with Crippen molar-refractivity contribution in [2.45, 2.75) is 58.7 Å². The first-order chi connectivity index (χ1) is 13.0. The van der Waals surface area contributed by atoms with Gasteiger partial charge in [-0.15, -0.1) is 0 Å². The Hall–Kier alpha value is -1.76. The number of aromatic nitrogens is 2. The van der Waals surface area contributed by atoms with Crippen molar-refractivity contribution in [1.29, 1.82) is 0 Å². The molecule has 1 unspecified atom stereocenters. The predicted molar refractivity (Wildman–Crippen MR) is 109 cm³/mol. The number of rotatable bonds is 3. The molecule has 154 valence electrons. The molecule has 1 aromatic heterocycles. The fourth-order valence-corrected chi connectivity index (χ4v) is 4.13. The van der Waals surface area contributed by atoms with Gasteiger partial charge in [0.05, 0.1) is 21.6 Å². The quantitative estimate of drug-likeness (QED) is 0.564. The topological polar surface area (TPSA) is 33.4 Å². The normalized spacial score (nSPS) is 19.8. The second kappa shape index (κ2) is 7.58. The fourth-order valence-electron chi connectivity index (χ4n) is 3.84. The highest BCUT2D eigenvalue weighted by Crippen LogP contribution is 2.46. The highest BCUT2D eigenvalue weighted by Gasteiger charge is 2.36. The van der Waals surface area contributed by atoms with Crippen molar-refractivity contribution in [3.8, 4) is 0 Å². The molecule has 1 aliphatic rings. The molecule has 0 saturated heterocycles. The molecule has 1 fully saturated rings. The molecule has 0 bridgehead atoms. The van der Waals surface area contributed by atoms with Crippen LogP contribution in [-0.4, -0.2) is 29.4 Å². The molecular formula is C20H26ClF3N4. The summed E-state index contributed by atoms with van der Waals surface area (Å²) in [6, 6.07) is 1.02. The molecule has 1 aliphatic carbocycles. The van der Waals surface area contributed by atoms with Gasteiger partial charge >= 0.3 is 6.18 Å². The number of hydrogen-bond acceptors (Lipinski definition) is 3. The third-order valence-electron chi connectivity index (χ3n) is 5.11. The van der Waals surface area contributed by atoms with E-state index in [-0.39, 0.29) is 22.3 Å². The number of aliphatic imine (C=N–C) groups is 1. The van der Waals surface area contributed by atoms with Gasteiger partial charge in [-0.25, -0.2) is 4.98 Å². The fraction of sp³-hybridized carbons (Fsp3) is 0.600. The van der Waals surface area contributed by atoms with Crippen molar-refractivity contribution in [1.82, 2.24) is 9.55 Å². The molecule has 1 aromatic carbocycles. The SMILES string of the molecule is CC1CCC/C(=N/c2c(Cl)c(C(F)(F)F)cc3nc(N(C)C)n(C(C)C)c23)C1. The lowest BCUT2D eigenvalue weighted by atomic mass is 9.89. The minimum atomic E-state index is -4.57. The smallest absolute Gasteiger partial charge is 0.348 e. The predicted octanol–water partition coefficient (Wildman–Crippen LogP) is 6.64. The van der Waals surface area contributed by atoms with E-state index in [0.717, 1.165) is 37.5 Å². The van der Waals surface area contributed by atoms with E-state index in [9.17, 15) is 13.2 Å². The summed E-state index contributed by atoms with van der Waals surface area (Å²) in [4.78, 5) is 11.0. The van der Waals surface area contributed by atoms with Crippen LogP contribution in [0.5, 0.6) is 0 Å². The van der Waals surface area contributed by atoms with E-state index in [0.29, 0.717) is 17.4 Å². The van der Waals surface area contributed by atoms with Gasteiger partial charge in [-0.1, -0.05) is 18.5 Å². The Morgan fingerprint density at radius 3 is 2.54 bits per heavy atom. The Kier molecular flexibility index (Phi) is 5.67. The van der Waals surface area contributed by atoms with Crippen molar-refractivity contribution < 1.29 is 13.2 Å². The maximum atomic E-state index is 13.6. The standard InChI is InChI=1S/C20H26ClF3N4/c1-11(2)28-18-15(26-19(28)27(4)5)10-14(20(22,23)24)16(21)17(18)25-13-8-6-7-12(3)9-13/h10-12H,6-9H2,1-5H3/b25-13-.